The molecule has 4 aromatic rings. The lowest BCUT2D eigenvalue weighted by Gasteiger charge is -2.21. The van der Waals surface area contributed by atoms with Gasteiger partial charge in [-0.2, -0.15) is 13.2 Å². The minimum atomic E-state index is -4.45. The first-order valence-electron chi connectivity index (χ1n) is 10.8. The van der Waals surface area contributed by atoms with E-state index in [4.69, 9.17) is 0 Å². The molecule has 0 bridgehead atoms. The summed E-state index contributed by atoms with van der Waals surface area (Å²) >= 11 is 0. The Morgan fingerprint density at radius 3 is 2.33 bits per heavy atom. The number of nitrogens with one attached hydrogen (secondary N) is 1. The summed E-state index contributed by atoms with van der Waals surface area (Å²) in [7, 11) is 1.90. The van der Waals surface area contributed by atoms with Crippen LogP contribution in [0, 0.1) is 0 Å². The fourth-order valence-electron chi connectivity index (χ4n) is 4.30. The zero-order chi connectivity index (χ0) is 23.6. The Morgan fingerprint density at radius 2 is 1.61 bits per heavy atom. The Kier molecular flexibility index (Phi) is 6.27. The first kappa shape index (κ1) is 22.6. The molecule has 1 amide bonds. The third-order valence-electron chi connectivity index (χ3n) is 5.99. The zero-order valence-corrected chi connectivity index (χ0v) is 18.4. The molecule has 3 aromatic carbocycles. The minimum Gasteiger partial charge on any atom is -0.350 e. The molecule has 0 saturated carbocycles. The van der Waals surface area contributed by atoms with Gasteiger partial charge in [0.15, 0.2) is 0 Å². The second-order valence-corrected chi connectivity index (χ2v) is 8.29. The van der Waals surface area contributed by atoms with Crippen molar-refractivity contribution in [2.24, 2.45) is 7.05 Å². The molecule has 170 valence electrons. The number of halogens is 3. The van der Waals surface area contributed by atoms with Crippen molar-refractivity contribution in [3.63, 3.8) is 0 Å². The molecule has 0 spiro atoms. The predicted octanol–water partition coefficient (Wildman–Crippen LogP) is 6.60. The molecule has 4 rings (SSSR count). The van der Waals surface area contributed by atoms with Gasteiger partial charge in [0.05, 0.1) is 11.6 Å². The molecule has 1 N–H and O–H groups in total. The highest BCUT2D eigenvalue weighted by molar-refractivity contribution is 5.86. The summed E-state index contributed by atoms with van der Waals surface area (Å²) in [6, 6.07) is 22.3. The fourth-order valence-corrected chi connectivity index (χ4v) is 4.30. The van der Waals surface area contributed by atoms with Gasteiger partial charge in [0, 0.05) is 36.5 Å². The average Bonchev–Trinajstić information content (AvgIpc) is 3.14. The fraction of sp³-hybridized carbons (Fsp3) is 0.222. The SMILES string of the molecule is C[C@@H](NC(=O)C[C@@H](c1cccc(C(F)(F)F)c1)c1cn(C)c2ccccc12)c1ccccc1. The van der Waals surface area contributed by atoms with Crippen molar-refractivity contribution in [1.82, 2.24) is 9.88 Å². The lowest BCUT2D eigenvalue weighted by molar-refractivity contribution is -0.137. The molecule has 0 aliphatic carbocycles. The summed E-state index contributed by atoms with van der Waals surface area (Å²) in [5.74, 6) is -0.747. The van der Waals surface area contributed by atoms with Crippen LogP contribution in [0.1, 0.15) is 47.6 Å². The van der Waals surface area contributed by atoms with Crippen LogP contribution in [0.5, 0.6) is 0 Å². The molecule has 1 aromatic heterocycles. The molecule has 3 nitrogen and oxygen atoms in total. The lowest BCUT2D eigenvalue weighted by Crippen LogP contribution is -2.28. The van der Waals surface area contributed by atoms with Crippen LogP contribution in [-0.4, -0.2) is 10.5 Å². The number of aromatic nitrogens is 1. The number of nitrogens with zero attached hydrogens (tertiary/aromatic N) is 1. The number of hydrogen-bond donors (Lipinski definition) is 1. The highest BCUT2D eigenvalue weighted by Crippen LogP contribution is 2.37. The summed E-state index contributed by atoms with van der Waals surface area (Å²) in [6.45, 7) is 1.89. The van der Waals surface area contributed by atoms with E-state index in [0.717, 1.165) is 34.2 Å². The van der Waals surface area contributed by atoms with Crippen molar-refractivity contribution in [3.8, 4) is 0 Å². The molecule has 0 radical (unpaired) electrons. The Morgan fingerprint density at radius 1 is 0.939 bits per heavy atom. The number of carbonyl (C=O) groups excluding carboxylic acids is 1. The number of carbonyl (C=O) groups is 1. The van der Waals surface area contributed by atoms with E-state index in [-0.39, 0.29) is 18.4 Å². The minimum absolute atomic E-state index is 0.0342. The molecule has 6 heteroatoms. The number of hydrogen-bond acceptors (Lipinski definition) is 1. The van der Waals surface area contributed by atoms with Crippen LogP contribution in [0.15, 0.2) is 85.1 Å². The van der Waals surface area contributed by atoms with Gasteiger partial charge in [-0.1, -0.05) is 66.7 Å². The summed E-state index contributed by atoms with van der Waals surface area (Å²) in [4.78, 5) is 13.1. The number of amides is 1. The van der Waals surface area contributed by atoms with Gasteiger partial charge < -0.3 is 9.88 Å². The second kappa shape index (κ2) is 9.14. The van der Waals surface area contributed by atoms with Gasteiger partial charge in [-0.3, -0.25) is 4.79 Å². The van der Waals surface area contributed by atoms with Crippen LogP contribution in [0.3, 0.4) is 0 Å². The van der Waals surface area contributed by atoms with Gasteiger partial charge in [-0.15, -0.1) is 0 Å². The van der Waals surface area contributed by atoms with Crippen LogP contribution < -0.4 is 5.32 Å². The van der Waals surface area contributed by atoms with Gasteiger partial charge in [0.2, 0.25) is 5.91 Å². The number of para-hydroxylation sites is 1. The molecule has 2 atom stereocenters. The summed E-state index contributed by atoms with van der Waals surface area (Å²) < 4.78 is 42.2. The van der Waals surface area contributed by atoms with E-state index in [1.165, 1.54) is 6.07 Å². The van der Waals surface area contributed by atoms with Crippen LogP contribution in [-0.2, 0) is 18.0 Å². The van der Waals surface area contributed by atoms with Crippen LogP contribution in [0.2, 0.25) is 0 Å². The molecule has 0 fully saturated rings. The van der Waals surface area contributed by atoms with Crippen molar-refractivity contribution in [3.05, 3.63) is 107 Å². The monoisotopic (exact) mass is 450 g/mol. The van der Waals surface area contributed by atoms with Crippen molar-refractivity contribution in [1.29, 1.82) is 0 Å². The highest BCUT2D eigenvalue weighted by atomic mass is 19.4. The average molecular weight is 451 g/mol. The van der Waals surface area contributed by atoms with E-state index < -0.39 is 17.7 Å². The van der Waals surface area contributed by atoms with Crippen molar-refractivity contribution >= 4 is 16.8 Å². The van der Waals surface area contributed by atoms with Crippen molar-refractivity contribution in [2.75, 3.05) is 0 Å². The van der Waals surface area contributed by atoms with Crippen LogP contribution >= 0.6 is 0 Å². The quantitative estimate of drug-likeness (QED) is 0.353. The summed E-state index contributed by atoms with van der Waals surface area (Å²) in [5.41, 5.74) is 2.50. The molecule has 1 heterocycles. The molecular formula is C27H25F3N2O. The van der Waals surface area contributed by atoms with Crippen LogP contribution in [0.4, 0.5) is 13.2 Å². The Balaban J connectivity index is 1.71. The Bertz CT molecular complexity index is 1260. The van der Waals surface area contributed by atoms with Crippen molar-refractivity contribution < 1.29 is 18.0 Å². The normalized spacial score (nSPS) is 13.6. The van der Waals surface area contributed by atoms with Gasteiger partial charge in [-0.25, -0.2) is 0 Å². The lowest BCUT2D eigenvalue weighted by atomic mass is 9.87. The molecular weight excluding hydrogens is 425 g/mol. The number of rotatable bonds is 6. The van der Waals surface area contributed by atoms with Gasteiger partial charge in [0.25, 0.3) is 0 Å². The van der Waals surface area contributed by atoms with E-state index in [0.29, 0.717) is 5.56 Å². The summed E-state index contributed by atoms with van der Waals surface area (Å²) in [5, 5.41) is 3.92. The standard InChI is InChI=1S/C27H25F3N2O/c1-18(19-9-4-3-5-10-19)31-26(33)16-23(20-11-8-12-21(15-20)27(28,29)30)24-17-32(2)25-14-7-6-13-22(24)25/h3-15,17-18,23H,16H2,1-2H3,(H,31,33)/t18-,23+/m1/s1. The smallest absolute Gasteiger partial charge is 0.350 e. The third-order valence-corrected chi connectivity index (χ3v) is 5.99. The number of benzene rings is 3. The maximum atomic E-state index is 13.4. The van der Waals surface area contributed by atoms with Gasteiger partial charge in [0.1, 0.15) is 0 Å². The summed E-state index contributed by atoms with van der Waals surface area (Å²) in [6.07, 6.45) is -2.51. The number of fused-ring (bicyclic) bond motifs is 1. The first-order valence-corrected chi connectivity index (χ1v) is 10.8. The second-order valence-electron chi connectivity index (χ2n) is 8.29. The topological polar surface area (TPSA) is 34.0 Å². The predicted molar refractivity (Wildman–Crippen MR) is 124 cm³/mol. The molecule has 0 saturated heterocycles. The first-order chi connectivity index (χ1) is 15.7. The van der Waals surface area contributed by atoms with E-state index >= 15 is 0 Å². The third kappa shape index (κ3) is 4.95. The van der Waals surface area contributed by atoms with Gasteiger partial charge in [-0.05, 0) is 35.7 Å². The molecule has 0 aliphatic heterocycles. The maximum absolute atomic E-state index is 13.4. The van der Waals surface area contributed by atoms with Crippen molar-refractivity contribution in [2.45, 2.75) is 31.5 Å². The largest absolute Gasteiger partial charge is 0.416 e. The maximum Gasteiger partial charge on any atom is 0.416 e. The Labute approximate surface area is 190 Å². The van der Waals surface area contributed by atoms with Crippen LogP contribution in [0.25, 0.3) is 10.9 Å². The Hall–Kier alpha value is -3.54. The molecule has 0 unspecified atom stereocenters. The van der Waals surface area contributed by atoms with E-state index in [1.807, 2.05) is 79.3 Å². The number of alkyl halides is 3. The van der Waals surface area contributed by atoms with E-state index in [1.54, 1.807) is 6.07 Å². The number of aryl methyl sites for hydroxylation is 1. The zero-order valence-electron chi connectivity index (χ0n) is 18.4. The van der Waals surface area contributed by atoms with E-state index in [9.17, 15) is 18.0 Å². The molecule has 33 heavy (non-hydrogen) atoms. The molecule has 0 aliphatic rings. The van der Waals surface area contributed by atoms with E-state index in [2.05, 4.69) is 5.32 Å². The van der Waals surface area contributed by atoms with Gasteiger partial charge >= 0.3 is 6.18 Å². The highest BCUT2D eigenvalue weighted by Gasteiger charge is 2.32.